The number of carbonyl (C=O) groups is 1. The minimum Gasteiger partial charge on any atom is -0.391 e. The molecular formula is C13H26N2O2. The number of carbonyl (C=O) groups excluding carboxylic acids is 1. The van der Waals surface area contributed by atoms with Crippen LogP contribution in [0.15, 0.2) is 0 Å². The van der Waals surface area contributed by atoms with Crippen molar-refractivity contribution in [1.29, 1.82) is 0 Å². The van der Waals surface area contributed by atoms with Crippen LogP contribution in [0.5, 0.6) is 0 Å². The van der Waals surface area contributed by atoms with Crippen molar-refractivity contribution in [3.8, 4) is 0 Å². The second kappa shape index (κ2) is 7.67. The molecule has 1 aliphatic carbocycles. The average molecular weight is 242 g/mol. The molecule has 0 aromatic heterocycles. The fraction of sp³-hybridized carbons (Fsp3) is 0.923. The quantitative estimate of drug-likeness (QED) is 0.566. The van der Waals surface area contributed by atoms with E-state index < -0.39 is 6.10 Å². The highest BCUT2D eigenvalue weighted by Gasteiger charge is 2.20. The van der Waals surface area contributed by atoms with Gasteiger partial charge in [0.05, 0.1) is 6.10 Å². The highest BCUT2D eigenvalue weighted by Crippen LogP contribution is 2.18. The van der Waals surface area contributed by atoms with Crippen molar-refractivity contribution >= 4 is 5.91 Å². The van der Waals surface area contributed by atoms with Gasteiger partial charge in [-0.15, -0.1) is 0 Å². The van der Waals surface area contributed by atoms with Gasteiger partial charge in [-0.2, -0.15) is 0 Å². The Hall–Kier alpha value is -0.610. The Balaban J connectivity index is 2.04. The van der Waals surface area contributed by atoms with Crippen molar-refractivity contribution in [2.24, 2.45) is 5.92 Å². The van der Waals surface area contributed by atoms with E-state index in [1.54, 1.807) is 0 Å². The van der Waals surface area contributed by atoms with E-state index in [0.717, 1.165) is 19.4 Å². The molecule has 1 amide bonds. The molecule has 0 aromatic carbocycles. The summed E-state index contributed by atoms with van der Waals surface area (Å²) in [6.07, 6.45) is 4.49. The molecule has 0 spiro atoms. The van der Waals surface area contributed by atoms with E-state index in [0.29, 0.717) is 24.9 Å². The van der Waals surface area contributed by atoms with Gasteiger partial charge in [0.15, 0.2) is 0 Å². The van der Waals surface area contributed by atoms with Crippen LogP contribution in [0.2, 0.25) is 0 Å². The second-order valence-corrected chi connectivity index (χ2v) is 4.93. The number of hydrogen-bond donors (Lipinski definition) is 3. The van der Waals surface area contributed by atoms with Crippen LogP contribution in [0, 0.1) is 5.92 Å². The van der Waals surface area contributed by atoms with E-state index in [4.69, 9.17) is 0 Å². The van der Waals surface area contributed by atoms with E-state index in [1.807, 2.05) is 0 Å². The zero-order chi connectivity index (χ0) is 12.7. The molecule has 0 aromatic rings. The highest BCUT2D eigenvalue weighted by atomic mass is 16.3. The fourth-order valence-electron chi connectivity index (χ4n) is 1.98. The van der Waals surface area contributed by atoms with Gasteiger partial charge in [-0.05, 0) is 18.8 Å². The lowest BCUT2D eigenvalue weighted by molar-refractivity contribution is -0.121. The van der Waals surface area contributed by atoms with Crippen LogP contribution in [-0.4, -0.2) is 36.2 Å². The van der Waals surface area contributed by atoms with Crippen LogP contribution in [0.25, 0.3) is 0 Å². The van der Waals surface area contributed by atoms with Crippen molar-refractivity contribution in [1.82, 2.24) is 10.6 Å². The van der Waals surface area contributed by atoms with Gasteiger partial charge in [-0.1, -0.05) is 26.7 Å². The molecule has 0 heterocycles. The Kier molecular flexibility index (Phi) is 6.52. The maximum absolute atomic E-state index is 11.5. The number of hydrogen-bond acceptors (Lipinski definition) is 3. The van der Waals surface area contributed by atoms with Gasteiger partial charge in [0, 0.05) is 25.6 Å². The molecule has 1 atom stereocenters. The lowest BCUT2D eigenvalue weighted by Gasteiger charge is -2.20. The van der Waals surface area contributed by atoms with E-state index in [2.05, 4.69) is 24.5 Å². The number of aliphatic hydroxyl groups is 1. The Labute approximate surface area is 104 Å². The van der Waals surface area contributed by atoms with Gasteiger partial charge in [-0.25, -0.2) is 0 Å². The molecule has 1 saturated carbocycles. The third kappa shape index (κ3) is 6.03. The monoisotopic (exact) mass is 242 g/mol. The maximum atomic E-state index is 11.5. The molecule has 0 aliphatic heterocycles. The number of nitrogens with one attached hydrogen (secondary N) is 2. The lowest BCUT2D eigenvalue weighted by atomic mass is 9.96. The summed E-state index contributed by atoms with van der Waals surface area (Å²) in [4.78, 5) is 11.5. The normalized spacial score (nSPS) is 17.2. The predicted molar refractivity (Wildman–Crippen MR) is 68.7 cm³/mol. The first-order valence-corrected chi connectivity index (χ1v) is 6.85. The Morgan fingerprint density at radius 2 is 2.00 bits per heavy atom. The average Bonchev–Trinajstić information content (AvgIpc) is 3.12. The summed E-state index contributed by atoms with van der Waals surface area (Å²) in [6, 6.07) is 0.651. The van der Waals surface area contributed by atoms with Crippen LogP contribution in [0.4, 0.5) is 0 Å². The first-order chi connectivity index (χ1) is 8.17. The summed E-state index contributed by atoms with van der Waals surface area (Å²) in [5, 5.41) is 15.9. The first-order valence-electron chi connectivity index (χ1n) is 6.85. The van der Waals surface area contributed by atoms with Gasteiger partial charge >= 0.3 is 0 Å². The van der Waals surface area contributed by atoms with Gasteiger partial charge in [-0.3, -0.25) is 4.79 Å². The summed E-state index contributed by atoms with van der Waals surface area (Å²) in [7, 11) is 0. The van der Waals surface area contributed by atoms with E-state index in [1.165, 1.54) is 12.8 Å². The zero-order valence-electron chi connectivity index (χ0n) is 11.0. The van der Waals surface area contributed by atoms with Gasteiger partial charge in [0.2, 0.25) is 5.91 Å². The van der Waals surface area contributed by atoms with Crippen LogP contribution < -0.4 is 10.6 Å². The van der Waals surface area contributed by atoms with Crippen molar-refractivity contribution < 1.29 is 9.90 Å². The third-order valence-corrected chi connectivity index (χ3v) is 3.46. The van der Waals surface area contributed by atoms with Crippen LogP contribution >= 0.6 is 0 Å². The fourth-order valence-corrected chi connectivity index (χ4v) is 1.98. The largest absolute Gasteiger partial charge is 0.391 e. The molecule has 100 valence electrons. The van der Waals surface area contributed by atoms with Crippen molar-refractivity contribution in [2.45, 2.75) is 58.1 Å². The maximum Gasteiger partial charge on any atom is 0.221 e. The Morgan fingerprint density at radius 1 is 1.35 bits per heavy atom. The first kappa shape index (κ1) is 14.5. The third-order valence-electron chi connectivity index (χ3n) is 3.46. The molecule has 0 radical (unpaired) electrons. The van der Waals surface area contributed by atoms with Crippen molar-refractivity contribution in [3.63, 3.8) is 0 Å². The van der Waals surface area contributed by atoms with Crippen molar-refractivity contribution in [2.75, 3.05) is 13.1 Å². The van der Waals surface area contributed by atoms with Crippen LogP contribution in [0.1, 0.15) is 46.0 Å². The Bertz CT molecular complexity index is 225. The molecule has 1 unspecified atom stereocenters. The molecule has 0 saturated heterocycles. The zero-order valence-corrected chi connectivity index (χ0v) is 11.0. The minimum atomic E-state index is -0.412. The molecule has 4 nitrogen and oxygen atoms in total. The van der Waals surface area contributed by atoms with E-state index >= 15 is 0 Å². The standard InChI is InChI=1S/C13H26N2O2/c1-3-10(4-2)12(16)9-15-13(17)7-8-14-11-5-6-11/h10-12,14,16H,3-9H2,1-2H3,(H,15,17). The van der Waals surface area contributed by atoms with E-state index in [-0.39, 0.29) is 5.91 Å². The second-order valence-electron chi connectivity index (χ2n) is 4.93. The molecule has 1 fully saturated rings. The minimum absolute atomic E-state index is 0.0307. The van der Waals surface area contributed by atoms with Crippen LogP contribution in [-0.2, 0) is 4.79 Å². The number of rotatable bonds is 9. The molecule has 4 heteroatoms. The molecule has 17 heavy (non-hydrogen) atoms. The summed E-state index contributed by atoms with van der Waals surface area (Å²) in [5.74, 6) is 0.322. The summed E-state index contributed by atoms with van der Waals surface area (Å²) in [6.45, 7) is 5.27. The summed E-state index contributed by atoms with van der Waals surface area (Å²) in [5.41, 5.74) is 0. The smallest absolute Gasteiger partial charge is 0.221 e. The molecule has 1 rings (SSSR count). The number of amides is 1. The molecule has 3 N–H and O–H groups in total. The highest BCUT2D eigenvalue weighted by molar-refractivity contribution is 5.76. The predicted octanol–water partition coefficient (Wildman–Crippen LogP) is 1.04. The summed E-state index contributed by atoms with van der Waals surface area (Å²) < 4.78 is 0. The van der Waals surface area contributed by atoms with Crippen LogP contribution in [0.3, 0.4) is 0 Å². The SMILES string of the molecule is CCC(CC)C(O)CNC(=O)CCNC1CC1. The molecule has 0 bridgehead atoms. The molecular weight excluding hydrogens is 216 g/mol. The van der Waals surface area contributed by atoms with Gasteiger partial charge < -0.3 is 15.7 Å². The lowest BCUT2D eigenvalue weighted by Crippen LogP contribution is -2.37. The van der Waals surface area contributed by atoms with Gasteiger partial charge in [0.25, 0.3) is 0 Å². The van der Waals surface area contributed by atoms with Gasteiger partial charge in [0.1, 0.15) is 0 Å². The number of aliphatic hydroxyl groups excluding tert-OH is 1. The molecule has 1 aliphatic rings. The topological polar surface area (TPSA) is 61.4 Å². The van der Waals surface area contributed by atoms with Crippen molar-refractivity contribution in [3.05, 3.63) is 0 Å². The van der Waals surface area contributed by atoms with E-state index in [9.17, 15) is 9.90 Å². The summed E-state index contributed by atoms with van der Waals surface area (Å²) >= 11 is 0. The Morgan fingerprint density at radius 3 is 2.53 bits per heavy atom.